The highest BCUT2D eigenvalue weighted by Crippen LogP contribution is 2.32. The van der Waals surface area contributed by atoms with Crippen molar-refractivity contribution in [2.45, 2.75) is 26.3 Å². The van der Waals surface area contributed by atoms with Gasteiger partial charge < -0.3 is 15.2 Å². The van der Waals surface area contributed by atoms with Gasteiger partial charge in [0.1, 0.15) is 6.04 Å². The Balaban J connectivity index is 1.80. The normalized spacial score (nSPS) is 11.5. The Morgan fingerprint density at radius 1 is 1.02 bits per heavy atom. The molecule has 0 saturated carbocycles. The maximum atomic E-state index is 13.6. The van der Waals surface area contributed by atoms with Crippen LogP contribution in [0.1, 0.15) is 44.8 Å². The van der Waals surface area contributed by atoms with Crippen LogP contribution in [0.3, 0.4) is 0 Å². The third kappa shape index (κ3) is 6.27. The van der Waals surface area contributed by atoms with Crippen molar-refractivity contribution in [2.24, 2.45) is 0 Å². The molecule has 0 aliphatic carbocycles. The number of aromatic carboxylic acids is 1. The number of aromatic nitrogens is 2. The number of carbonyl (C=O) groups is 3. The van der Waals surface area contributed by atoms with E-state index in [0.717, 1.165) is 15.8 Å². The first kappa shape index (κ1) is 28.3. The molecule has 0 aliphatic heterocycles. The van der Waals surface area contributed by atoms with Crippen molar-refractivity contribution in [2.75, 3.05) is 12.4 Å². The minimum absolute atomic E-state index is 0.0252. The monoisotopic (exact) mass is 559 g/mol. The molecule has 2 N–H and O–H groups in total. The SMILES string of the molecule is COc1nn(C(Cc2cccc(C)c2)C(=O)Nc2ccc(C(=O)O)cc2)c(=O)cc1-c1cc(Cl)ccc1C(C)=O. The Bertz CT molecular complexity index is 1660. The van der Waals surface area contributed by atoms with Gasteiger partial charge in [-0.3, -0.25) is 14.4 Å². The number of Topliss-reactive ketones (excluding diaryl/α,β-unsaturated/α-hetero) is 1. The van der Waals surface area contributed by atoms with E-state index < -0.39 is 23.5 Å². The number of anilines is 1. The van der Waals surface area contributed by atoms with Crippen LogP contribution < -0.4 is 15.6 Å². The first-order valence-electron chi connectivity index (χ1n) is 12.3. The maximum Gasteiger partial charge on any atom is 0.335 e. The maximum absolute atomic E-state index is 13.6. The molecule has 0 aliphatic rings. The van der Waals surface area contributed by atoms with Crippen LogP contribution in [0, 0.1) is 6.92 Å². The van der Waals surface area contributed by atoms with E-state index in [9.17, 15) is 19.2 Å². The Morgan fingerprint density at radius 3 is 2.38 bits per heavy atom. The van der Waals surface area contributed by atoms with Gasteiger partial charge in [0.05, 0.1) is 18.2 Å². The molecule has 1 atom stereocenters. The first-order chi connectivity index (χ1) is 19.1. The van der Waals surface area contributed by atoms with Crippen LogP contribution in [0.5, 0.6) is 5.88 Å². The summed E-state index contributed by atoms with van der Waals surface area (Å²) in [5.74, 6) is -1.84. The number of methoxy groups -OCH3 is 1. The number of ketones is 1. The summed E-state index contributed by atoms with van der Waals surface area (Å²) in [5, 5.41) is 16.7. The van der Waals surface area contributed by atoms with E-state index in [1.165, 1.54) is 44.4 Å². The molecule has 10 heteroatoms. The lowest BCUT2D eigenvalue weighted by Crippen LogP contribution is -2.36. The predicted molar refractivity (Wildman–Crippen MR) is 151 cm³/mol. The minimum atomic E-state index is -1.09. The van der Waals surface area contributed by atoms with Crippen LogP contribution in [0.4, 0.5) is 5.69 Å². The van der Waals surface area contributed by atoms with Crippen molar-refractivity contribution in [3.05, 3.63) is 110 Å². The highest BCUT2D eigenvalue weighted by molar-refractivity contribution is 6.31. The number of hydrogen-bond donors (Lipinski definition) is 2. The second-order valence-corrected chi connectivity index (χ2v) is 9.61. The van der Waals surface area contributed by atoms with Gasteiger partial charge in [0.15, 0.2) is 5.78 Å². The zero-order chi connectivity index (χ0) is 29.0. The molecule has 4 aromatic rings. The lowest BCUT2D eigenvalue weighted by molar-refractivity contribution is -0.119. The zero-order valence-electron chi connectivity index (χ0n) is 22.0. The standard InChI is InChI=1S/C30H26ClN3O6/c1-17-5-4-6-19(13-17)14-26(28(37)32-22-10-7-20(8-11-22)30(38)39)34-27(36)16-25(29(33-34)40-3)24-15-21(31)9-12-23(24)18(2)35/h4-13,15-16,26H,14H2,1-3H3,(H,32,37)(H,38,39). The summed E-state index contributed by atoms with van der Waals surface area (Å²) in [5.41, 5.74) is 2.57. The summed E-state index contributed by atoms with van der Waals surface area (Å²) < 4.78 is 6.56. The second-order valence-electron chi connectivity index (χ2n) is 9.18. The molecule has 4 rings (SSSR count). The fraction of sp³-hybridized carbons (Fsp3) is 0.167. The van der Waals surface area contributed by atoms with Crippen molar-refractivity contribution < 1.29 is 24.2 Å². The van der Waals surface area contributed by atoms with E-state index in [1.807, 2.05) is 31.2 Å². The number of hydrogen-bond acceptors (Lipinski definition) is 6. The van der Waals surface area contributed by atoms with Crippen molar-refractivity contribution in [1.29, 1.82) is 0 Å². The average molecular weight is 560 g/mol. The van der Waals surface area contributed by atoms with Crippen LogP contribution in [-0.4, -0.2) is 39.7 Å². The van der Waals surface area contributed by atoms with Gasteiger partial charge >= 0.3 is 5.97 Å². The lowest BCUT2D eigenvalue weighted by atomic mass is 9.98. The van der Waals surface area contributed by atoms with Gasteiger partial charge in [0.25, 0.3) is 5.56 Å². The van der Waals surface area contributed by atoms with Crippen LogP contribution in [0.2, 0.25) is 5.02 Å². The number of ether oxygens (including phenoxy) is 1. The third-order valence-electron chi connectivity index (χ3n) is 6.28. The average Bonchev–Trinajstić information content (AvgIpc) is 2.92. The van der Waals surface area contributed by atoms with Crippen molar-refractivity contribution in [3.8, 4) is 17.0 Å². The topological polar surface area (TPSA) is 128 Å². The van der Waals surface area contributed by atoms with Gasteiger partial charge in [-0.2, -0.15) is 0 Å². The molecular weight excluding hydrogens is 534 g/mol. The van der Waals surface area contributed by atoms with Crippen molar-refractivity contribution in [3.63, 3.8) is 0 Å². The number of nitrogens with zero attached hydrogens (tertiary/aromatic N) is 2. The number of nitrogens with one attached hydrogen (secondary N) is 1. The number of halogens is 1. The van der Waals surface area contributed by atoms with Gasteiger partial charge in [-0.25, -0.2) is 9.48 Å². The van der Waals surface area contributed by atoms with E-state index in [-0.39, 0.29) is 29.2 Å². The van der Waals surface area contributed by atoms with Gasteiger partial charge in [0, 0.05) is 28.8 Å². The molecule has 0 bridgehead atoms. The lowest BCUT2D eigenvalue weighted by Gasteiger charge is -2.21. The van der Waals surface area contributed by atoms with Gasteiger partial charge in [-0.1, -0.05) is 41.4 Å². The molecule has 9 nitrogen and oxygen atoms in total. The van der Waals surface area contributed by atoms with Crippen molar-refractivity contribution in [1.82, 2.24) is 9.78 Å². The summed E-state index contributed by atoms with van der Waals surface area (Å²) in [4.78, 5) is 50.6. The van der Waals surface area contributed by atoms with Gasteiger partial charge in [-0.15, -0.1) is 5.10 Å². The number of aryl methyl sites for hydroxylation is 1. The second kappa shape index (κ2) is 12.0. The molecule has 40 heavy (non-hydrogen) atoms. The Kier molecular flexibility index (Phi) is 8.45. The minimum Gasteiger partial charge on any atom is -0.480 e. The largest absolute Gasteiger partial charge is 0.480 e. The van der Waals surface area contributed by atoms with E-state index in [1.54, 1.807) is 18.2 Å². The fourth-order valence-electron chi connectivity index (χ4n) is 4.34. The van der Waals surface area contributed by atoms with E-state index >= 15 is 0 Å². The molecule has 0 spiro atoms. The third-order valence-corrected chi connectivity index (χ3v) is 6.51. The summed E-state index contributed by atoms with van der Waals surface area (Å²) in [7, 11) is 1.37. The Hall–Kier alpha value is -4.76. The zero-order valence-corrected chi connectivity index (χ0v) is 22.7. The van der Waals surface area contributed by atoms with E-state index in [2.05, 4.69) is 10.4 Å². The van der Waals surface area contributed by atoms with Crippen LogP contribution >= 0.6 is 11.6 Å². The number of carbonyl (C=O) groups excluding carboxylic acids is 2. The smallest absolute Gasteiger partial charge is 0.335 e. The summed E-state index contributed by atoms with van der Waals surface area (Å²) >= 11 is 6.20. The number of rotatable bonds is 9. The molecule has 0 fully saturated rings. The molecule has 1 heterocycles. The van der Waals surface area contributed by atoms with Crippen LogP contribution in [0.15, 0.2) is 77.6 Å². The molecule has 1 amide bonds. The Labute approximate surface area is 235 Å². The summed E-state index contributed by atoms with van der Waals surface area (Å²) in [6.45, 7) is 3.32. The molecule has 1 unspecified atom stereocenters. The molecule has 1 aromatic heterocycles. The predicted octanol–water partition coefficient (Wildman–Crippen LogP) is 5.20. The van der Waals surface area contributed by atoms with E-state index in [4.69, 9.17) is 21.4 Å². The highest BCUT2D eigenvalue weighted by Gasteiger charge is 2.26. The quantitative estimate of drug-likeness (QED) is 0.270. The van der Waals surface area contributed by atoms with Crippen LogP contribution in [0.25, 0.3) is 11.1 Å². The van der Waals surface area contributed by atoms with Gasteiger partial charge in [-0.05, 0) is 67.4 Å². The molecule has 0 radical (unpaired) electrons. The molecular formula is C30H26ClN3O6. The summed E-state index contributed by atoms with van der Waals surface area (Å²) in [6, 6.07) is 18.1. The number of carboxylic acid groups (broad SMARTS) is 1. The fourth-order valence-corrected chi connectivity index (χ4v) is 4.51. The molecule has 0 saturated heterocycles. The van der Waals surface area contributed by atoms with Crippen molar-refractivity contribution >= 4 is 34.9 Å². The molecule has 3 aromatic carbocycles. The van der Waals surface area contributed by atoms with Crippen LogP contribution in [-0.2, 0) is 11.2 Å². The number of amides is 1. The first-order valence-corrected chi connectivity index (χ1v) is 12.6. The number of benzene rings is 3. The Morgan fingerprint density at radius 2 is 1.75 bits per heavy atom. The number of carboxylic acids is 1. The van der Waals surface area contributed by atoms with E-state index in [0.29, 0.717) is 21.8 Å². The highest BCUT2D eigenvalue weighted by atomic mass is 35.5. The summed E-state index contributed by atoms with van der Waals surface area (Å²) in [6.07, 6.45) is 0.131. The molecule has 204 valence electrons. The van der Waals surface area contributed by atoms with Gasteiger partial charge in [0.2, 0.25) is 11.8 Å².